The van der Waals surface area contributed by atoms with Crippen LogP contribution in [-0.2, 0) is 11.8 Å². The fraction of sp³-hybridized carbons (Fsp3) is 0.455. The molecular weight excluding hydrogens is 452 g/mol. The van der Waals surface area contributed by atoms with Gasteiger partial charge in [0.2, 0.25) is 0 Å². The van der Waals surface area contributed by atoms with Crippen LogP contribution in [0.1, 0.15) is 83.4 Å². The van der Waals surface area contributed by atoms with Gasteiger partial charge in [-0.2, -0.15) is 0 Å². The Morgan fingerprint density at radius 3 is 2.32 bits per heavy atom. The molecule has 0 aliphatic carbocycles. The van der Waals surface area contributed by atoms with Crippen LogP contribution in [0, 0.1) is 5.41 Å². The maximum absolute atomic E-state index is 4.90. The van der Waals surface area contributed by atoms with Crippen LogP contribution in [0.2, 0.25) is 0 Å². The van der Waals surface area contributed by atoms with E-state index in [1.807, 2.05) is 12.4 Å². The maximum atomic E-state index is 4.90. The number of fused-ring (bicyclic) bond motifs is 5. The van der Waals surface area contributed by atoms with Crippen LogP contribution < -0.4 is 9.80 Å². The number of allylic oxidation sites excluding steroid dienone is 1. The standard InChI is InChI=1S/C33H42N4/c1-9-17-33(12-4)27-20-23(10-2)26(25-16-14-13-15-24(25)22(5)6)21-28(27)37-30-29(34-18-19-35-30)36(8)31(37)32(33,7)11-3/h9,13-16,18-22,31H,1,10-12,17H2,2-8H3. The molecule has 0 saturated heterocycles. The van der Waals surface area contributed by atoms with Gasteiger partial charge in [0.05, 0.1) is 0 Å². The van der Waals surface area contributed by atoms with Crippen molar-refractivity contribution in [2.24, 2.45) is 5.41 Å². The van der Waals surface area contributed by atoms with E-state index in [-0.39, 0.29) is 17.0 Å². The summed E-state index contributed by atoms with van der Waals surface area (Å²) in [6, 6.07) is 13.9. The van der Waals surface area contributed by atoms with Gasteiger partial charge in [-0.1, -0.05) is 78.0 Å². The first-order valence-electron chi connectivity index (χ1n) is 14.0. The average Bonchev–Trinajstić information content (AvgIpc) is 3.23. The molecule has 3 heterocycles. The zero-order valence-electron chi connectivity index (χ0n) is 23.7. The molecule has 0 saturated carbocycles. The first-order chi connectivity index (χ1) is 17.8. The van der Waals surface area contributed by atoms with Crippen molar-refractivity contribution in [1.29, 1.82) is 0 Å². The summed E-state index contributed by atoms with van der Waals surface area (Å²) in [6.07, 6.45) is 9.96. The lowest BCUT2D eigenvalue weighted by Crippen LogP contribution is -2.63. The third-order valence-electron chi connectivity index (χ3n) is 9.58. The molecule has 0 N–H and O–H groups in total. The predicted molar refractivity (Wildman–Crippen MR) is 157 cm³/mol. The second-order valence-electron chi connectivity index (χ2n) is 11.4. The van der Waals surface area contributed by atoms with Crippen molar-refractivity contribution >= 4 is 17.3 Å². The lowest BCUT2D eigenvalue weighted by Gasteiger charge is -2.59. The maximum Gasteiger partial charge on any atom is 0.178 e. The summed E-state index contributed by atoms with van der Waals surface area (Å²) in [6.45, 7) is 18.3. The molecule has 37 heavy (non-hydrogen) atoms. The van der Waals surface area contributed by atoms with Crippen molar-refractivity contribution < 1.29 is 0 Å². The molecule has 3 unspecified atom stereocenters. The Morgan fingerprint density at radius 2 is 1.70 bits per heavy atom. The molecule has 2 aliphatic rings. The number of nitrogens with zero attached hydrogens (tertiary/aromatic N) is 4. The van der Waals surface area contributed by atoms with Gasteiger partial charge in [-0.3, -0.25) is 0 Å². The van der Waals surface area contributed by atoms with Crippen molar-refractivity contribution in [3.63, 3.8) is 0 Å². The zero-order chi connectivity index (χ0) is 26.5. The molecule has 0 amide bonds. The highest BCUT2D eigenvalue weighted by Gasteiger charge is 2.61. The molecule has 0 fully saturated rings. The normalized spacial score (nSPS) is 24.2. The van der Waals surface area contributed by atoms with Gasteiger partial charge >= 0.3 is 0 Å². The molecular formula is C33H42N4. The third-order valence-corrected chi connectivity index (χ3v) is 9.58. The minimum absolute atomic E-state index is 0.0392. The summed E-state index contributed by atoms with van der Waals surface area (Å²) >= 11 is 0. The molecule has 0 bridgehead atoms. The first-order valence-corrected chi connectivity index (χ1v) is 14.0. The van der Waals surface area contributed by atoms with E-state index >= 15 is 0 Å². The van der Waals surface area contributed by atoms with Crippen LogP contribution >= 0.6 is 0 Å². The fourth-order valence-electron chi connectivity index (χ4n) is 7.51. The molecule has 0 radical (unpaired) electrons. The summed E-state index contributed by atoms with van der Waals surface area (Å²) in [7, 11) is 2.20. The summed E-state index contributed by atoms with van der Waals surface area (Å²) < 4.78 is 0. The number of aryl methyl sites for hydroxylation is 1. The lowest BCUT2D eigenvalue weighted by molar-refractivity contribution is 0.0808. The van der Waals surface area contributed by atoms with Crippen LogP contribution in [0.25, 0.3) is 11.1 Å². The van der Waals surface area contributed by atoms with Gasteiger partial charge < -0.3 is 9.80 Å². The number of anilines is 3. The van der Waals surface area contributed by atoms with Crippen molar-refractivity contribution in [3.05, 3.63) is 78.1 Å². The Hall–Kier alpha value is -3.14. The molecule has 0 spiro atoms. The topological polar surface area (TPSA) is 32.3 Å². The van der Waals surface area contributed by atoms with Gasteiger partial charge in [0, 0.05) is 36.0 Å². The Morgan fingerprint density at radius 1 is 1.00 bits per heavy atom. The molecule has 194 valence electrons. The van der Waals surface area contributed by atoms with Gasteiger partial charge in [0.1, 0.15) is 6.17 Å². The first kappa shape index (κ1) is 25.5. The van der Waals surface area contributed by atoms with Gasteiger partial charge in [-0.05, 0) is 65.5 Å². The van der Waals surface area contributed by atoms with Gasteiger partial charge in [-0.25, -0.2) is 9.97 Å². The van der Waals surface area contributed by atoms with Crippen LogP contribution in [0.15, 0.2) is 61.4 Å². The quantitative estimate of drug-likeness (QED) is 0.309. The van der Waals surface area contributed by atoms with Crippen molar-refractivity contribution in [1.82, 2.24) is 9.97 Å². The smallest absolute Gasteiger partial charge is 0.178 e. The Balaban J connectivity index is 1.90. The number of rotatable bonds is 7. The van der Waals surface area contributed by atoms with Gasteiger partial charge in [-0.15, -0.1) is 6.58 Å². The minimum atomic E-state index is -0.0453. The SMILES string of the molecule is C=CCC1(CC)c2cc(CC)c(-c3ccccc3C(C)C)cc2N2c3nccnc3N(C)C2C1(C)CC. The average molecular weight is 495 g/mol. The molecule has 5 rings (SSSR count). The molecule has 3 atom stereocenters. The van der Waals surface area contributed by atoms with E-state index in [9.17, 15) is 0 Å². The number of hydrogen-bond donors (Lipinski definition) is 0. The number of aromatic nitrogens is 2. The molecule has 4 nitrogen and oxygen atoms in total. The van der Waals surface area contributed by atoms with Crippen LogP contribution in [0.4, 0.5) is 17.3 Å². The van der Waals surface area contributed by atoms with E-state index in [0.717, 1.165) is 37.3 Å². The van der Waals surface area contributed by atoms with E-state index in [0.29, 0.717) is 5.92 Å². The van der Waals surface area contributed by atoms with Gasteiger partial charge in [0.15, 0.2) is 11.6 Å². The Labute approximate surface area is 223 Å². The van der Waals surface area contributed by atoms with Crippen LogP contribution in [0.3, 0.4) is 0 Å². The van der Waals surface area contributed by atoms with Gasteiger partial charge in [0.25, 0.3) is 0 Å². The number of hydrogen-bond acceptors (Lipinski definition) is 4. The van der Waals surface area contributed by atoms with Crippen LogP contribution in [0.5, 0.6) is 0 Å². The summed E-state index contributed by atoms with van der Waals surface area (Å²) in [5.41, 5.74) is 8.12. The van der Waals surface area contributed by atoms with Crippen molar-refractivity contribution in [2.45, 2.75) is 84.7 Å². The summed E-state index contributed by atoms with van der Waals surface area (Å²) in [5, 5.41) is 0. The molecule has 2 aliphatic heterocycles. The lowest BCUT2D eigenvalue weighted by atomic mass is 9.52. The van der Waals surface area contributed by atoms with Crippen molar-refractivity contribution in [2.75, 3.05) is 16.8 Å². The van der Waals surface area contributed by atoms with Crippen LogP contribution in [-0.4, -0.2) is 23.2 Å². The zero-order valence-corrected chi connectivity index (χ0v) is 23.7. The molecule has 4 heteroatoms. The monoisotopic (exact) mass is 494 g/mol. The highest BCUT2D eigenvalue weighted by Crippen LogP contribution is 2.64. The minimum Gasteiger partial charge on any atom is -0.335 e. The Kier molecular flexibility index (Phi) is 6.42. The molecule has 3 aromatic rings. The van der Waals surface area contributed by atoms with E-state index in [4.69, 9.17) is 9.97 Å². The highest BCUT2D eigenvalue weighted by atomic mass is 15.5. The van der Waals surface area contributed by atoms with E-state index in [2.05, 4.69) is 107 Å². The third kappa shape index (κ3) is 3.41. The number of benzene rings is 2. The van der Waals surface area contributed by atoms with Crippen molar-refractivity contribution in [3.8, 4) is 11.1 Å². The van der Waals surface area contributed by atoms with E-state index in [1.165, 1.54) is 33.5 Å². The second kappa shape index (κ2) is 9.31. The fourth-order valence-corrected chi connectivity index (χ4v) is 7.51. The Bertz CT molecular complexity index is 1330. The predicted octanol–water partition coefficient (Wildman–Crippen LogP) is 8.40. The van der Waals surface area contributed by atoms with E-state index < -0.39 is 0 Å². The second-order valence-corrected chi connectivity index (χ2v) is 11.4. The molecule has 1 aromatic heterocycles. The largest absolute Gasteiger partial charge is 0.335 e. The summed E-state index contributed by atoms with van der Waals surface area (Å²) in [4.78, 5) is 14.6. The highest BCUT2D eigenvalue weighted by molar-refractivity contribution is 5.86. The van der Waals surface area contributed by atoms with E-state index in [1.54, 1.807) is 0 Å². The molecule has 2 aromatic carbocycles. The summed E-state index contributed by atoms with van der Waals surface area (Å²) in [5.74, 6) is 2.38.